The third-order valence-electron chi connectivity index (χ3n) is 6.57. The van der Waals surface area contributed by atoms with Crippen LogP contribution >= 0.6 is 22.6 Å². The van der Waals surface area contributed by atoms with Gasteiger partial charge in [-0.2, -0.15) is 5.90 Å². The van der Waals surface area contributed by atoms with Crippen LogP contribution in [-0.4, -0.2) is 52.5 Å². The fourth-order valence-corrected chi connectivity index (χ4v) is 5.83. The monoisotopic (exact) mass is 555 g/mol. The summed E-state index contributed by atoms with van der Waals surface area (Å²) in [7, 11) is 3.66. The Kier molecular flexibility index (Phi) is 5.25. The predicted molar refractivity (Wildman–Crippen MR) is 121 cm³/mol. The largest absolute Gasteiger partial charge is 0.511 e. The average Bonchev–Trinajstić information content (AvgIpc) is 2.70. The van der Waals surface area contributed by atoms with Crippen molar-refractivity contribution < 1.29 is 34.5 Å². The second-order valence-corrected chi connectivity index (χ2v) is 9.65. The summed E-state index contributed by atoms with van der Waals surface area (Å²) >= 11 is 1.99. The molecule has 170 valence electrons. The topological polar surface area (TPSA) is 176 Å². The fraction of sp³-hybridized carbons (Fsp3) is 0.381. The summed E-state index contributed by atoms with van der Waals surface area (Å²) in [6.45, 7) is 0. The molecule has 4 rings (SSSR count). The molecule has 1 amide bonds. The lowest BCUT2D eigenvalue weighted by Gasteiger charge is -2.46. The van der Waals surface area contributed by atoms with Crippen molar-refractivity contribution >= 4 is 45.8 Å². The zero-order chi connectivity index (χ0) is 23.7. The highest BCUT2D eigenvalue weighted by molar-refractivity contribution is 14.1. The molecule has 7 N–H and O–H groups in total. The predicted octanol–water partition coefficient (Wildman–Crippen LogP) is 0.798. The first-order valence-corrected chi connectivity index (χ1v) is 10.9. The quantitative estimate of drug-likeness (QED) is 0.205. The minimum atomic E-state index is -2.54. The van der Waals surface area contributed by atoms with Crippen molar-refractivity contribution in [3.63, 3.8) is 0 Å². The van der Waals surface area contributed by atoms with Gasteiger partial charge in [0.1, 0.15) is 17.1 Å². The van der Waals surface area contributed by atoms with E-state index < -0.39 is 52.0 Å². The number of primary amides is 1. The second-order valence-electron chi connectivity index (χ2n) is 8.48. The molecule has 0 fully saturated rings. The number of nitrogens with two attached hydrogens (primary N) is 2. The van der Waals surface area contributed by atoms with E-state index in [9.17, 15) is 29.7 Å². The Hall–Kier alpha value is -2.64. The Morgan fingerprint density at radius 2 is 1.94 bits per heavy atom. The van der Waals surface area contributed by atoms with E-state index in [2.05, 4.69) is 0 Å². The van der Waals surface area contributed by atoms with Crippen molar-refractivity contribution in [1.29, 1.82) is 0 Å². The van der Waals surface area contributed by atoms with E-state index in [0.717, 1.165) is 5.69 Å². The minimum absolute atomic E-state index is 0.125. The molecule has 0 aliphatic heterocycles. The fourth-order valence-electron chi connectivity index (χ4n) is 5.14. The van der Waals surface area contributed by atoms with Gasteiger partial charge in [-0.1, -0.05) is 0 Å². The van der Waals surface area contributed by atoms with Gasteiger partial charge < -0.3 is 30.8 Å². The van der Waals surface area contributed by atoms with Gasteiger partial charge in [0.05, 0.1) is 9.13 Å². The molecule has 3 aliphatic carbocycles. The summed E-state index contributed by atoms with van der Waals surface area (Å²) in [6, 6.07) is 1.83. The zero-order valence-corrected chi connectivity index (χ0v) is 19.5. The van der Waals surface area contributed by atoms with Crippen LogP contribution in [0, 0.1) is 15.4 Å². The molecule has 11 heteroatoms. The number of benzene rings is 1. The number of fused-ring (bicyclic) bond motifs is 3. The first kappa shape index (κ1) is 22.6. The van der Waals surface area contributed by atoms with Gasteiger partial charge in [0.2, 0.25) is 5.78 Å². The Morgan fingerprint density at radius 3 is 2.50 bits per heavy atom. The number of carbonyl (C=O) groups excluding carboxylic acids is 3. The smallest absolute Gasteiger partial charge is 0.255 e. The van der Waals surface area contributed by atoms with Crippen LogP contribution in [-0.2, 0) is 16.0 Å². The molecular weight excluding hydrogens is 533 g/mol. The number of aliphatic hydroxyl groups is 3. The van der Waals surface area contributed by atoms with Crippen molar-refractivity contribution in [3.05, 3.63) is 43.4 Å². The number of amides is 1. The maximum absolute atomic E-state index is 13.6. The van der Waals surface area contributed by atoms with Gasteiger partial charge in [0.25, 0.3) is 5.91 Å². The molecular formula is C21H22IN3O7. The number of rotatable bonds is 3. The van der Waals surface area contributed by atoms with E-state index in [4.69, 9.17) is 16.5 Å². The van der Waals surface area contributed by atoms with Gasteiger partial charge in [-0.15, -0.1) is 0 Å². The van der Waals surface area contributed by atoms with Crippen molar-refractivity contribution in [1.82, 2.24) is 0 Å². The van der Waals surface area contributed by atoms with Gasteiger partial charge in [0.15, 0.2) is 17.1 Å². The molecule has 1 aromatic carbocycles. The summed E-state index contributed by atoms with van der Waals surface area (Å²) in [5.41, 5.74) is 3.38. The molecule has 0 bridgehead atoms. The highest BCUT2D eigenvalue weighted by Gasteiger charge is 2.59. The number of allylic oxidation sites excluding steroid dienone is 2. The molecule has 0 aromatic heterocycles. The molecule has 32 heavy (non-hydrogen) atoms. The third-order valence-corrected chi connectivity index (χ3v) is 7.37. The molecule has 2 unspecified atom stereocenters. The van der Waals surface area contributed by atoms with Crippen LogP contribution < -0.4 is 21.4 Å². The summed E-state index contributed by atoms with van der Waals surface area (Å²) in [5.74, 6) is -0.277. The number of hydrogen-bond acceptors (Lipinski definition) is 9. The number of nitrogens with zero attached hydrogens (tertiary/aromatic N) is 1. The number of ketones is 2. The molecule has 0 saturated carbocycles. The van der Waals surface area contributed by atoms with Crippen molar-refractivity contribution in [2.75, 3.05) is 19.0 Å². The Morgan fingerprint density at radius 1 is 1.28 bits per heavy atom. The van der Waals surface area contributed by atoms with Crippen LogP contribution in [0.3, 0.4) is 0 Å². The standard InChI is InChI=1S/C21H22IN3O7/c1-25(2)11-6-10(22)17(32-24)14-9(11)4-7-3-8-5-12(26)15(20(23)30)19(29)21(8,31)18(28)13(7)16(14)27/h6-8,26,28,31H,3-5,24H2,1-2H3,(H2,23,30)/t7?,8?,21-/m0/s1. The number of halogens is 1. The van der Waals surface area contributed by atoms with E-state index in [1.807, 2.05) is 47.7 Å². The molecule has 10 nitrogen and oxygen atoms in total. The SMILES string of the molecule is CN(C)c1cc(I)c(ON)c2c1CC1CC3CC(O)=C(C(N)=O)C(=O)[C@@]3(O)C(O)=C1C2=O. The van der Waals surface area contributed by atoms with Crippen LogP contribution in [0.2, 0.25) is 0 Å². The van der Waals surface area contributed by atoms with Gasteiger partial charge in [0, 0.05) is 37.7 Å². The van der Waals surface area contributed by atoms with Gasteiger partial charge >= 0.3 is 0 Å². The van der Waals surface area contributed by atoms with Crippen molar-refractivity contribution in [2.24, 2.45) is 23.5 Å². The third kappa shape index (κ3) is 2.87. The number of aliphatic hydroxyl groups excluding tert-OH is 2. The van der Waals surface area contributed by atoms with Crippen LogP contribution in [0.4, 0.5) is 5.69 Å². The molecule has 3 aliphatic rings. The van der Waals surface area contributed by atoms with Gasteiger partial charge in [-0.05, 0) is 53.0 Å². The second kappa shape index (κ2) is 7.46. The first-order chi connectivity index (χ1) is 14.9. The maximum Gasteiger partial charge on any atom is 0.255 e. The molecule has 0 heterocycles. The molecule has 3 atom stereocenters. The van der Waals surface area contributed by atoms with Crippen molar-refractivity contribution in [3.8, 4) is 5.75 Å². The normalized spacial score (nSPS) is 27.0. The van der Waals surface area contributed by atoms with Crippen LogP contribution in [0.1, 0.15) is 28.8 Å². The summed E-state index contributed by atoms with van der Waals surface area (Å²) < 4.78 is 0.574. The summed E-state index contributed by atoms with van der Waals surface area (Å²) in [4.78, 5) is 45.1. The zero-order valence-electron chi connectivity index (χ0n) is 17.3. The van der Waals surface area contributed by atoms with E-state index in [-0.39, 0.29) is 29.7 Å². The summed E-state index contributed by atoms with van der Waals surface area (Å²) in [6.07, 6.45) is 0.204. The Labute approximate surface area is 196 Å². The van der Waals surface area contributed by atoms with E-state index in [1.54, 1.807) is 0 Å². The number of hydrogen-bond donors (Lipinski definition) is 5. The highest BCUT2D eigenvalue weighted by Crippen LogP contribution is 2.52. The maximum atomic E-state index is 13.6. The minimum Gasteiger partial charge on any atom is -0.511 e. The Bertz CT molecular complexity index is 1160. The van der Waals surface area contributed by atoms with Gasteiger partial charge in [-0.3, -0.25) is 14.4 Å². The van der Waals surface area contributed by atoms with Crippen molar-refractivity contribution in [2.45, 2.75) is 24.9 Å². The molecule has 1 aromatic rings. The highest BCUT2D eigenvalue weighted by atomic mass is 127. The van der Waals surface area contributed by atoms with Crippen LogP contribution in [0.5, 0.6) is 5.75 Å². The molecule has 0 saturated heterocycles. The van der Waals surface area contributed by atoms with E-state index in [1.165, 1.54) is 0 Å². The number of Topliss-reactive ketones (excluding diaryl/α,β-unsaturated/α-hetero) is 2. The molecule has 0 radical (unpaired) electrons. The number of carbonyl (C=O) groups is 3. The number of anilines is 1. The average molecular weight is 555 g/mol. The van der Waals surface area contributed by atoms with E-state index >= 15 is 0 Å². The summed E-state index contributed by atoms with van der Waals surface area (Å²) in [5, 5.41) is 32.6. The van der Waals surface area contributed by atoms with Crippen LogP contribution in [0.15, 0.2) is 28.7 Å². The Balaban J connectivity index is 1.96. The van der Waals surface area contributed by atoms with E-state index in [0.29, 0.717) is 15.6 Å². The first-order valence-electron chi connectivity index (χ1n) is 9.81. The molecule has 0 spiro atoms. The lowest BCUT2D eigenvalue weighted by Crippen LogP contribution is -2.57. The van der Waals surface area contributed by atoms with Crippen LogP contribution in [0.25, 0.3) is 0 Å². The lowest BCUT2D eigenvalue weighted by molar-refractivity contribution is -0.144. The van der Waals surface area contributed by atoms with Gasteiger partial charge in [-0.25, -0.2) is 0 Å². The lowest BCUT2D eigenvalue weighted by atomic mass is 9.60.